The third kappa shape index (κ3) is 7.96. The maximum Gasteiger partial charge on any atom is 0.416 e. The molecule has 0 aromatic heterocycles. The minimum atomic E-state index is -4.54. The summed E-state index contributed by atoms with van der Waals surface area (Å²) in [7, 11) is -1.85. The van der Waals surface area contributed by atoms with Crippen LogP contribution in [-0.4, -0.2) is 35.0 Å². The van der Waals surface area contributed by atoms with Crippen molar-refractivity contribution >= 4 is 34.5 Å². The fourth-order valence-electron chi connectivity index (χ4n) is 3.30. The molecule has 0 aliphatic heterocycles. The summed E-state index contributed by atoms with van der Waals surface area (Å²) in [5, 5.41) is 2.84. The average Bonchev–Trinajstić information content (AvgIpc) is 2.79. The Bertz CT molecular complexity index is 1080. The Morgan fingerprint density at radius 3 is 2.29 bits per heavy atom. The van der Waals surface area contributed by atoms with Crippen LogP contribution < -0.4 is 5.32 Å². The Kier molecular flexibility index (Phi) is 10.1. The topological polar surface area (TPSA) is 81.7 Å². The van der Waals surface area contributed by atoms with Crippen molar-refractivity contribution in [2.24, 2.45) is 0 Å². The van der Waals surface area contributed by atoms with Crippen molar-refractivity contribution in [3.63, 3.8) is 0 Å². The summed E-state index contributed by atoms with van der Waals surface area (Å²) in [4.78, 5) is 24.6. The first-order valence-corrected chi connectivity index (χ1v) is 12.4. The first-order chi connectivity index (χ1) is 16.4. The Morgan fingerprint density at radius 2 is 1.69 bits per heavy atom. The van der Waals surface area contributed by atoms with Crippen LogP contribution in [0.1, 0.15) is 44.7 Å². The molecule has 192 valence electrons. The summed E-state index contributed by atoms with van der Waals surface area (Å²) < 4.78 is 61.7. The zero-order valence-corrected chi connectivity index (χ0v) is 21.1. The van der Waals surface area contributed by atoms with Gasteiger partial charge in [-0.05, 0) is 75.9 Å². The van der Waals surface area contributed by atoms with E-state index < -0.39 is 40.1 Å². The standard InChI is InChI=1S/C24H27ClF3NO5S/c1-4-33-21(30)23(3,29-22(31)34-5-2)13-7-8-16-11-12-19(15-20(16)25)35(32)18-10-6-9-17(14-18)24(26,27)28/h6,9-12,14-15H,4-5,7-8,13H2,1-3H3,(H,29,31)/t23-,35?/m1/s1. The summed E-state index contributed by atoms with van der Waals surface area (Å²) >= 11 is 6.36. The molecule has 0 bridgehead atoms. The van der Waals surface area contributed by atoms with E-state index in [1.54, 1.807) is 32.9 Å². The van der Waals surface area contributed by atoms with Crippen molar-refractivity contribution in [3.05, 3.63) is 58.6 Å². The maximum atomic E-state index is 13.0. The van der Waals surface area contributed by atoms with Crippen LogP contribution in [-0.2, 0) is 37.7 Å². The monoisotopic (exact) mass is 533 g/mol. The van der Waals surface area contributed by atoms with E-state index in [-0.39, 0.29) is 29.4 Å². The number of carbonyl (C=O) groups excluding carboxylic acids is 2. The van der Waals surface area contributed by atoms with Crippen molar-refractivity contribution in [1.29, 1.82) is 0 Å². The van der Waals surface area contributed by atoms with Gasteiger partial charge in [-0.25, -0.2) is 13.8 Å². The highest BCUT2D eigenvalue weighted by Crippen LogP contribution is 2.32. The Hall–Kier alpha value is -2.59. The summed E-state index contributed by atoms with van der Waals surface area (Å²) in [5.74, 6) is -0.592. The van der Waals surface area contributed by atoms with Crippen molar-refractivity contribution in [2.75, 3.05) is 13.2 Å². The third-order valence-electron chi connectivity index (χ3n) is 5.12. The molecule has 6 nitrogen and oxygen atoms in total. The van der Waals surface area contributed by atoms with Gasteiger partial charge >= 0.3 is 18.2 Å². The van der Waals surface area contributed by atoms with Gasteiger partial charge in [0.25, 0.3) is 0 Å². The van der Waals surface area contributed by atoms with Gasteiger partial charge in [-0.1, -0.05) is 23.7 Å². The van der Waals surface area contributed by atoms with Crippen LogP contribution >= 0.6 is 11.6 Å². The molecule has 35 heavy (non-hydrogen) atoms. The smallest absolute Gasteiger partial charge is 0.416 e. The number of alkyl halides is 3. The molecule has 2 aromatic rings. The number of benzene rings is 2. The summed E-state index contributed by atoms with van der Waals surface area (Å²) in [6.07, 6.45) is -4.17. The molecule has 2 rings (SSSR count). The molecule has 1 amide bonds. The molecule has 0 saturated carbocycles. The molecule has 0 radical (unpaired) electrons. The van der Waals surface area contributed by atoms with Crippen molar-refractivity contribution in [2.45, 2.75) is 61.5 Å². The van der Waals surface area contributed by atoms with Crippen molar-refractivity contribution < 1.29 is 36.4 Å². The first kappa shape index (κ1) is 28.6. The summed E-state index contributed by atoms with van der Waals surface area (Å²) in [6, 6.07) is 8.97. The molecular formula is C24H27ClF3NO5S. The van der Waals surface area contributed by atoms with Crippen LogP contribution in [0.3, 0.4) is 0 Å². The number of aryl methyl sites for hydroxylation is 1. The van der Waals surface area contributed by atoms with Gasteiger partial charge in [0.05, 0.1) is 29.6 Å². The number of carbonyl (C=O) groups is 2. The van der Waals surface area contributed by atoms with Gasteiger partial charge in [0.2, 0.25) is 0 Å². The number of rotatable bonds is 10. The Morgan fingerprint density at radius 1 is 1.03 bits per heavy atom. The molecular weight excluding hydrogens is 507 g/mol. The number of alkyl carbamates (subject to hydrolysis) is 1. The Labute approximate surface area is 209 Å². The SMILES string of the molecule is CCOC(=O)N[C@](C)(CCCc1ccc(S(=O)c2cccc(C(F)(F)F)c2)cc1Cl)C(=O)OCC. The zero-order chi connectivity index (χ0) is 26.2. The quantitative estimate of drug-likeness (QED) is 0.384. The van der Waals surface area contributed by atoms with Crippen molar-refractivity contribution in [3.8, 4) is 0 Å². The van der Waals surface area contributed by atoms with E-state index in [9.17, 15) is 27.0 Å². The number of halogens is 4. The first-order valence-electron chi connectivity index (χ1n) is 10.9. The summed E-state index contributed by atoms with van der Waals surface area (Å²) in [5.41, 5.74) is -1.49. The lowest BCUT2D eigenvalue weighted by Crippen LogP contribution is -2.53. The number of ether oxygens (including phenoxy) is 2. The van der Waals surface area contributed by atoms with Gasteiger partial charge in [0.1, 0.15) is 5.54 Å². The number of amides is 1. The average molecular weight is 534 g/mol. The number of hydrogen-bond donors (Lipinski definition) is 1. The van der Waals surface area contributed by atoms with Crippen LogP contribution in [0.25, 0.3) is 0 Å². The fraction of sp³-hybridized carbons (Fsp3) is 0.417. The molecule has 0 aliphatic carbocycles. The largest absolute Gasteiger partial charge is 0.464 e. The highest BCUT2D eigenvalue weighted by molar-refractivity contribution is 7.85. The third-order valence-corrected chi connectivity index (χ3v) is 6.83. The van der Waals surface area contributed by atoms with Gasteiger partial charge in [0, 0.05) is 14.8 Å². The van der Waals surface area contributed by atoms with E-state index >= 15 is 0 Å². The molecule has 1 unspecified atom stereocenters. The van der Waals surface area contributed by atoms with Crippen LogP contribution in [0.2, 0.25) is 5.02 Å². The van der Waals surface area contributed by atoms with E-state index in [2.05, 4.69) is 5.32 Å². The molecule has 0 fully saturated rings. The van der Waals surface area contributed by atoms with E-state index in [4.69, 9.17) is 21.1 Å². The normalized spacial score (nSPS) is 14.0. The number of esters is 1. The highest BCUT2D eigenvalue weighted by Gasteiger charge is 2.36. The maximum absolute atomic E-state index is 13.0. The molecule has 1 N–H and O–H groups in total. The van der Waals surface area contributed by atoms with Crippen LogP contribution in [0.5, 0.6) is 0 Å². The second-order valence-electron chi connectivity index (χ2n) is 7.80. The lowest BCUT2D eigenvalue weighted by atomic mass is 9.93. The molecule has 0 saturated heterocycles. The molecule has 11 heteroatoms. The van der Waals surface area contributed by atoms with Crippen LogP contribution in [0.4, 0.5) is 18.0 Å². The summed E-state index contributed by atoms with van der Waals surface area (Å²) in [6.45, 7) is 5.15. The fourth-order valence-corrected chi connectivity index (χ4v) is 4.77. The van der Waals surface area contributed by atoms with Gasteiger partial charge in [-0.2, -0.15) is 13.2 Å². The van der Waals surface area contributed by atoms with E-state index in [0.29, 0.717) is 23.4 Å². The molecule has 2 atom stereocenters. The van der Waals surface area contributed by atoms with E-state index in [1.807, 2.05) is 0 Å². The second kappa shape index (κ2) is 12.4. The minimum absolute atomic E-state index is 0.0129. The Balaban J connectivity index is 2.12. The lowest BCUT2D eigenvalue weighted by molar-refractivity contribution is -0.150. The zero-order valence-electron chi connectivity index (χ0n) is 19.5. The van der Waals surface area contributed by atoms with Gasteiger partial charge in [-0.15, -0.1) is 0 Å². The molecule has 2 aromatic carbocycles. The molecule has 0 spiro atoms. The van der Waals surface area contributed by atoms with Gasteiger partial charge in [-0.3, -0.25) is 0 Å². The highest BCUT2D eigenvalue weighted by atomic mass is 35.5. The minimum Gasteiger partial charge on any atom is -0.464 e. The van der Waals surface area contributed by atoms with Gasteiger partial charge in [0.15, 0.2) is 0 Å². The lowest BCUT2D eigenvalue weighted by Gasteiger charge is -2.28. The van der Waals surface area contributed by atoms with E-state index in [0.717, 1.165) is 12.1 Å². The molecule has 0 aliphatic rings. The predicted octanol–water partition coefficient (Wildman–Crippen LogP) is 5.92. The predicted molar refractivity (Wildman–Crippen MR) is 126 cm³/mol. The van der Waals surface area contributed by atoms with Gasteiger partial charge < -0.3 is 14.8 Å². The molecule has 0 heterocycles. The van der Waals surface area contributed by atoms with Crippen molar-refractivity contribution in [1.82, 2.24) is 5.32 Å². The van der Waals surface area contributed by atoms with Crippen LogP contribution in [0.15, 0.2) is 52.3 Å². The second-order valence-corrected chi connectivity index (χ2v) is 9.69. The number of hydrogen-bond acceptors (Lipinski definition) is 5. The number of nitrogens with one attached hydrogen (secondary N) is 1. The van der Waals surface area contributed by atoms with E-state index in [1.165, 1.54) is 18.2 Å². The van der Waals surface area contributed by atoms with Crippen LogP contribution in [0, 0.1) is 0 Å².